The van der Waals surface area contributed by atoms with Crippen LogP contribution in [0.2, 0.25) is 17.3 Å². The predicted octanol–water partition coefficient (Wildman–Crippen LogP) is 11.6. The summed E-state index contributed by atoms with van der Waals surface area (Å²) in [6, 6.07) is 66.0. The predicted molar refractivity (Wildman–Crippen MR) is 255 cm³/mol. The molecular weight excluding hydrogens is 1020 g/mol. The summed E-state index contributed by atoms with van der Waals surface area (Å²) in [4.78, 5) is 0. The Morgan fingerprint density at radius 1 is 0.358 bits per heavy atom. The Morgan fingerprint density at radius 2 is 0.453 bits per heavy atom. The average Bonchev–Trinajstić information content (AvgIpc) is 3.16. The second-order valence-electron chi connectivity index (χ2n) is 11.6. The topological polar surface area (TPSA) is 0 Å². The van der Waals surface area contributed by atoms with Gasteiger partial charge in [-0.2, -0.15) is 0 Å². The molecule has 6 aromatic carbocycles. The largest absolute Gasteiger partial charge is 0.643 e. The van der Waals surface area contributed by atoms with E-state index >= 15 is 0 Å². The summed E-state index contributed by atoms with van der Waals surface area (Å²) in [5, 5.41) is 0.194. The standard InChI is InChI=1S/2C19H18Ge.CH3Cl3Ge.CH2Cl2.CH4.Al.3ClH/c2*1-20(17-11-5-2-6-12-17,18-13-7-3-8-14-18)19-15-9-4-10-16-19;1-5(2,3)4;2-1-3;;;;;/h2*2-16H,1H3;1H3;1H2;1H4;;3*1H/q;;;;;+3;;;/p-3. The molecule has 0 heterocycles. The molecule has 0 aliphatic carbocycles. The fourth-order valence-electron chi connectivity index (χ4n) is 5.63. The molecule has 0 atom stereocenters. The van der Waals surface area contributed by atoms with E-state index in [1.807, 2.05) is 0 Å². The van der Waals surface area contributed by atoms with E-state index in [0.29, 0.717) is 0 Å². The van der Waals surface area contributed by atoms with E-state index < -0.39 is 48.4 Å². The Bertz CT molecular complexity index is 1440. The molecule has 0 N–H and O–H groups in total. The Labute approximate surface area is 365 Å². The SMILES string of the molecule is C.ClCCl.[CH3][Ge]([Cl])([Cl])[Cl].[CH3][Ge]([c]1ccccc1)([c]1ccccc1)[c]1ccccc1.[CH3][Ge]([c]1ccccc1)([c]1ccccc1)[c]1ccccc1.[Cl][Al]([Cl])[Cl]. The van der Waals surface area contributed by atoms with Crippen molar-refractivity contribution in [3.05, 3.63) is 182 Å². The fourth-order valence-corrected chi connectivity index (χ4v) is 20.6. The summed E-state index contributed by atoms with van der Waals surface area (Å²) in [5.41, 5.74) is 0. The zero-order chi connectivity index (χ0) is 38.5. The number of alkyl halides is 2. The van der Waals surface area contributed by atoms with Crippen molar-refractivity contribution in [2.45, 2.75) is 24.7 Å². The first-order valence-electron chi connectivity index (χ1n) is 16.2. The third kappa shape index (κ3) is 18.3. The van der Waals surface area contributed by atoms with Crippen LogP contribution in [0, 0.1) is 0 Å². The van der Waals surface area contributed by atoms with Crippen molar-refractivity contribution in [1.29, 1.82) is 0 Å². The Balaban J connectivity index is 0.000000402. The smallest absolute Gasteiger partial charge is 0.214 e. The van der Waals surface area contributed by atoms with Crippen molar-refractivity contribution in [2.24, 2.45) is 0 Å². The maximum Gasteiger partial charge on any atom is 0.643 e. The zero-order valence-electron chi connectivity index (χ0n) is 29.1. The van der Waals surface area contributed by atoms with Crippen molar-refractivity contribution >= 4 is 158 Å². The van der Waals surface area contributed by atoms with Crippen LogP contribution in [0.15, 0.2) is 182 Å². The van der Waals surface area contributed by atoms with Gasteiger partial charge < -0.3 is 0 Å². The molecule has 0 aromatic heterocycles. The fraction of sp³-hybridized carbons (Fsp3) is 0.122. The van der Waals surface area contributed by atoms with Gasteiger partial charge in [-0.1, -0.05) is 7.43 Å². The summed E-state index contributed by atoms with van der Waals surface area (Å²) in [5.74, 6) is 6.64. The van der Waals surface area contributed by atoms with Crippen LogP contribution in [0.3, 0.4) is 0 Å². The minimum atomic E-state index is -2.58. The van der Waals surface area contributed by atoms with Gasteiger partial charge in [-0.15, -0.1) is 23.2 Å². The average molecular weight is 1070 g/mol. The normalized spacial score (nSPS) is 10.5. The molecule has 0 aliphatic rings. The third-order valence-electron chi connectivity index (χ3n) is 8.11. The van der Waals surface area contributed by atoms with Crippen LogP contribution in [-0.4, -0.2) is 53.7 Å². The van der Waals surface area contributed by atoms with Gasteiger partial charge in [0, 0.05) is 0 Å². The molecule has 53 heavy (non-hydrogen) atoms. The number of rotatable bonds is 6. The van der Waals surface area contributed by atoms with Gasteiger partial charge in [0.2, 0.25) is 0 Å². The maximum atomic E-state index is 5.25. The quantitative estimate of drug-likeness (QED) is 0.115. The van der Waals surface area contributed by atoms with Gasteiger partial charge in [0.15, 0.2) is 0 Å². The molecule has 12 heteroatoms. The van der Waals surface area contributed by atoms with Crippen LogP contribution in [0.1, 0.15) is 7.43 Å². The van der Waals surface area contributed by atoms with Gasteiger partial charge in [0.05, 0.1) is 5.34 Å². The van der Waals surface area contributed by atoms with E-state index in [-0.39, 0.29) is 12.8 Å². The molecular formula is C41H45AlCl8Ge3. The van der Waals surface area contributed by atoms with Crippen molar-refractivity contribution in [1.82, 2.24) is 0 Å². The summed E-state index contributed by atoms with van der Waals surface area (Å²) >= 11 is 2.82. The molecule has 0 saturated heterocycles. The summed E-state index contributed by atoms with van der Waals surface area (Å²) in [6.07, 6.45) is 0. The van der Waals surface area contributed by atoms with Gasteiger partial charge in [-0.3, -0.25) is 0 Å². The second-order valence-corrected chi connectivity index (χ2v) is 53.6. The molecule has 0 saturated carbocycles. The van der Waals surface area contributed by atoms with Crippen LogP contribution in [0.25, 0.3) is 0 Å². The molecule has 0 bridgehead atoms. The molecule has 0 spiro atoms. The summed E-state index contributed by atoms with van der Waals surface area (Å²) in [7, 11) is 28.0. The summed E-state index contributed by atoms with van der Waals surface area (Å²) in [6.45, 7) is 0. The first-order valence-corrected chi connectivity index (χ1v) is 43.4. The van der Waals surface area contributed by atoms with Gasteiger partial charge in [-0.05, 0) is 0 Å². The first-order chi connectivity index (χ1) is 24.8. The Hall–Kier alpha value is -0.199. The molecule has 6 rings (SSSR count). The van der Waals surface area contributed by atoms with Gasteiger partial charge >= 0.3 is 304 Å². The van der Waals surface area contributed by atoms with Gasteiger partial charge in [0.1, 0.15) is 0 Å². The zero-order valence-corrected chi connectivity index (χ0v) is 42.6. The molecule has 0 aliphatic heterocycles. The Kier molecular flexibility index (Phi) is 26.3. The van der Waals surface area contributed by atoms with Crippen molar-refractivity contribution in [3.8, 4) is 0 Å². The second kappa shape index (κ2) is 27.4. The number of hydrogen-bond acceptors (Lipinski definition) is 0. The number of halogens is 8. The molecule has 0 fully saturated rings. The minimum Gasteiger partial charge on any atom is -0.214 e. The molecule has 6 aromatic rings. The summed E-state index contributed by atoms with van der Waals surface area (Å²) < 4.78 is 9.03. The van der Waals surface area contributed by atoms with Crippen LogP contribution >= 0.6 is 83.4 Å². The van der Waals surface area contributed by atoms with Crippen LogP contribution in [0.4, 0.5) is 0 Å². The van der Waals surface area contributed by atoms with E-state index in [2.05, 4.69) is 194 Å². The molecule has 0 nitrogen and oxygen atoms in total. The Morgan fingerprint density at radius 3 is 0.547 bits per heavy atom. The van der Waals surface area contributed by atoms with E-state index in [4.69, 9.17) is 83.4 Å². The van der Waals surface area contributed by atoms with E-state index in [1.165, 1.54) is 26.4 Å². The third-order valence-corrected chi connectivity index (χ3v) is 26.8. The monoisotopic (exact) mass is 1070 g/mol. The van der Waals surface area contributed by atoms with Crippen LogP contribution in [-0.2, 0) is 0 Å². The molecule has 0 amide bonds. The van der Waals surface area contributed by atoms with Crippen molar-refractivity contribution in [3.63, 3.8) is 0 Å². The van der Waals surface area contributed by atoms with E-state index in [0.717, 1.165) is 0 Å². The van der Waals surface area contributed by atoms with Gasteiger partial charge in [-0.25, -0.2) is 30.1 Å². The number of hydrogen-bond donors (Lipinski definition) is 0. The molecule has 280 valence electrons. The van der Waals surface area contributed by atoms with Crippen LogP contribution < -0.4 is 26.4 Å². The molecule has 0 radical (unpaired) electrons. The van der Waals surface area contributed by atoms with E-state index in [1.54, 1.807) is 5.76 Å². The van der Waals surface area contributed by atoms with Crippen LogP contribution in [0.5, 0.6) is 0 Å². The van der Waals surface area contributed by atoms with Gasteiger partial charge in [0.25, 0.3) is 0 Å². The molecule has 0 unspecified atom stereocenters. The van der Waals surface area contributed by atoms with E-state index in [9.17, 15) is 0 Å². The maximum absolute atomic E-state index is 5.25. The minimum absolute atomic E-state index is 0. The number of benzene rings is 6. The first kappa shape index (κ1) is 50.8. The van der Waals surface area contributed by atoms with Crippen molar-refractivity contribution in [2.75, 3.05) is 5.34 Å². The van der Waals surface area contributed by atoms with Crippen molar-refractivity contribution < 1.29 is 0 Å².